The van der Waals surface area contributed by atoms with E-state index in [1.54, 1.807) is 13.2 Å². The molecule has 29 heavy (non-hydrogen) atoms. The highest BCUT2D eigenvalue weighted by molar-refractivity contribution is 5.94. The van der Waals surface area contributed by atoms with Gasteiger partial charge in [0.05, 0.1) is 13.2 Å². The molecule has 1 amide bonds. The molecule has 0 aliphatic carbocycles. The molecule has 1 heterocycles. The van der Waals surface area contributed by atoms with Gasteiger partial charge in [-0.05, 0) is 48.1 Å². The van der Waals surface area contributed by atoms with Crippen LogP contribution >= 0.6 is 0 Å². The number of methoxy groups -OCH3 is 1. The van der Waals surface area contributed by atoms with Gasteiger partial charge in [0.15, 0.2) is 0 Å². The molecule has 1 N–H and O–H groups in total. The summed E-state index contributed by atoms with van der Waals surface area (Å²) in [6.07, 6.45) is 2.17. The molecule has 1 atom stereocenters. The van der Waals surface area contributed by atoms with E-state index in [4.69, 9.17) is 14.2 Å². The zero-order chi connectivity index (χ0) is 20.9. The Kier molecular flexibility index (Phi) is 6.80. The number of ether oxygens (including phenoxy) is 3. The lowest BCUT2D eigenvalue weighted by Crippen LogP contribution is -2.31. The van der Waals surface area contributed by atoms with E-state index < -0.39 is 0 Å². The van der Waals surface area contributed by atoms with Crippen molar-refractivity contribution in [3.63, 3.8) is 0 Å². The quantitative estimate of drug-likeness (QED) is 0.748. The first kappa shape index (κ1) is 21.2. The lowest BCUT2D eigenvalue weighted by Gasteiger charge is -2.23. The van der Waals surface area contributed by atoms with Crippen LogP contribution < -0.4 is 14.8 Å². The van der Waals surface area contributed by atoms with Crippen molar-refractivity contribution in [2.24, 2.45) is 0 Å². The largest absolute Gasteiger partial charge is 0.496 e. The van der Waals surface area contributed by atoms with E-state index in [9.17, 15) is 4.79 Å². The van der Waals surface area contributed by atoms with Gasteiger partial charge in [-0.15, -0.1) is 0 Å². The van der Waals surface area contributed by atoms with Gasteiger partial charge in [0.25, 0.3) is 5.91 Å². The number of para-hydroxylation sites is 1. The van der Waals surface area contributed by atoms with Crippen molar-refractivity contribution < 1.29 is 19.0 Å². The first-order valence-electron chi connectivity index (χ1n) is 10.2. The highest BCUT2D eigenvalue weighted by atomic mass is 16.5. The van der Waals surface area contributed by atoms with Crippen LogP contribution in [0.5, 0.6) is 11.5 Å². The Hall–Kier alpha value is -2.53. The minimum absolute atomic E-state index is 0.0231. The molecular formula is C24H31NO4. The van der Waals surface area contributed by atoms with Gasteiger partial charge in [0.1, 0.15) is 18.1 Å². The maximum Gasteiger partial charge on any atom is 0.251 e. The summed E-state index contributed by atoms with van der Waals surface area (Å²) in [5, 5.41) is 2.96. The molecular weight excluding hydrogens is 366 g/mol. The number of carbonyl (C=O) groups is 1. The third kappa shape index (κ3) is 5.51. The zero-order valence-corrected chi connectivity index (χ0v) is 17.8. The fourth-order valence-electron chi connectivity index (χ4n) is 3.51. The maximum absolute atomic E-state index is 12.6. The van der Waals surface area contributed by atoms with Crippen LogP contribution in [0, 0.1) is 0 Å². The number of rotatable bonds is 7. The summed E-state index contributed by atoms with van der Waals surface area (Å²) in [5.41, 5.74) is 2.54. The second-order valence-corrected chi connectivity index (χ2v) is 8.41. The van der Waals surface area contributed by atoms with Crippen molar-refractivity contribution in [1.29, 1.82) is 0 Å². The number of hydrogen-bond donors (Lipinski definition) is 1. The van der Waals surface area contributed by atoms with Gasteiger partial charge >= 0.3 is 0 Å². The molecule has 1 unspecified atom stereocenters. The number of nitrogens with one attached hydrogen (secondary N) is 1. The topological polar surface area (TPSA) is 56.8 Å². The van der Waals surface area contributed by atoms with Gasteiger partial charge in [-0.25, -0.2) is 0 Å². The van der Waals surface area contributed by atoms with Crippen LogP contribution in [-0.4, -0.2) is 32.3 Å². The van der Waals surface area contributed by atoms with E-state index in [0.29, 0.717) is 24.5 Å². The fourth-order valence-corrected chi connectivity index (χ4v) is 3.51. The molecule has 1 fully saturated rings. The highest BCUT2D eigenvalue weighted by Crippen LogP contribution is 2.32. The average Bonchev–Trinajstić information content (AvgIpc) is 3.23. The van der Waals surface area contributed by atoms with Crippen LogP contribution in [0.25, 0.3) is 0 Å². The minimum Gasteiger partial charge on any atom is -0.496 e. The minimum atomic E-state index is -0.112. The Labute approximate surface area is 173 Å². The van der Waals surface area contributed by atoms with Crippen molar-refractivity contribution in [2.45, 2.75) is 51.7 Å². The smallest absolute Gasteiger partial charge is 0.251 e. The predicted octanol–water partition coefficient (Wildman–Crippen LogP) is 4.48. The van der Waals surface area contributed by atoms with E-state index in [-0.39, 0.29) is 17.4 Å². The summed E-state index contributed by atoms with van der Waals surface area (Å²) in [4.78, 5) is 12.6. The Morgan fingerprint density at radius 2 is 1.97 bits per heavy atom. The number of carbonyl (C=O) groups excluding carboxylic acids is 1. The van der Waals surface area contributed by atoms with E-state index in [1.807, 2.05) is 30.3 Å². The van der Waals surface area contributed by atoms with Crippen molar-refractivity contribution >= 4 is 5.91 Å². The summed E-state index contributed by atoms with van der Waals surface area (Å²) in [6, 6.07) is 13.5. The molecule has 5 heteroatoms. The molecule has 1 saturated heterocycles. The van der Waals surface area contributed by atoms with Gasteiger partial charge in [0.2, 0.25) is 0 Å². The van der Waals surface area contributed by atoms with Crippen LogP contribution in [0.2, 0.25) is 0 Å². The van der Waals surface area contributed by atoms with Crippen molar-refractivity contribution in [2.75, 3.05) is 20.3 Å². The van der Waals surface area contributed by atoms with Crippen LogP contribution in [0.1, 0.15) is 55.1 Å². The summed E-state index contributed by atoms with van der Waals surface area (Å²) in [6.45, 7) is 8.12. The molecule has 0 saturated carbocycles. The molecule has 0 bridgehead atoms. The standard InChI is InChI=1S/C24H31NO4/c1-24(2,3)20-9-5-6-10-22(20)29-16-18-14-17(11-12-21(18)27-4)23(26)25-15-19-8-7-13-28-19/h5-6,9-12,14,19H,7-8,13,15-16H2,1-4H3,(H,25,26). The molecule has 0 spiro atoms. The molecule has 0 aromatic heterocycles. The fraction of sp³-hybridized carbons (Fsp3) is 0.458. The Balaban J connectivity index is 1.72. The molecule has 5 nitrogen and oxygen atoms in total. The van der Waals surface area contributed by atoms with Gasteiger partial charge in [-0.3, -0.25) is 4.79 Å². The number of amides is 1. The lowest BCUT2D eigenvalue weighted by molar-refractivity contribution is 0.0857. The first-order chi connectivity index (χ1) is 13.9. The third-order valence-corrected chi connectivity index (χ3v) is 5.14. The molecule has 0 radical (unpaired) electrons. The van der Waals surface area contributed by atoms with Crippen LogP contribution in [0.15, 0.2) is 42.5 Å². The van der Waals surface area contributed by atoms with Crippen molar-refractivity contribution in [3.05, 3.63) is 59.2 Å². The highest BCUT2D eigenvalue weighted by Gasteiger charge is 2.20. The molecule has 156 valence electrons. The molecule has 2 aromatic carbocycles. The number of hydrogen-bond acceptors (Lipinski definition) is 4. The second kappa shape index (κ2) is 9.31. The van der Waals surface area contributed by atoms with Gasteiger partial charge in [-0.2, -0.15) is 0 Å². The van der Waals surface area contributed by atoms with Crippen molar-refractivity contribution in [3.8, 4) is 11.5 Å². The third-order valence-electron chi connectivity index (χ3n) is 5.14. The first-order valence-corrected chi connectivity index (χ1v) is 10.2. The summed E-state index contributed by atoms with van der Waals surface area (Å²) in [7, 11) is 1.62. The predicted molar refractivity (Wildman–Crippen MR) is 114 cm³/mol. The van der Waals surface area contributed by atoms with E-state index in [2.05, 4.69) is 32.2 Å². The van der Waals surface area contributed by atoms with E-state index >= 15 is 0 Å². The molecule has 1 aliphatic heterocycles. The van der Waals surface area contributed by atoms with Crippen LogP contribution in [-0.2, 0) is 16.8 Å². The summed E-state index contributed by atoms with van der Waals surface area (Å²) in [5.74, 6) is 1.43. The van der Waals surface area contributed by atoms with Crippen LogP contribution in [0.3, 0.4) is 0 Å². The monoisotopic (exact) mass is 397 g/mol. The molecule has 3 rings (SSSR count). The Morgan fingerprint density at radius 1 is 1.17 bits per heavy atom. The average molecular weight is 398 g/mol. The number of benzene rings is 2. The Bertz CT molecular complexity index is 835. The second-order valence-electron chi connectivity index (χ2n) is 8.41. The lowest BCUT2D eigenvalue weighted by atomic mass is 9.86. The normalized spacial score (nSPS) is 16.5. The van der Waals surface area contributed by atoms with Gasteiger partial charge < -0.3 is 19.5 Å². The summed E-state index contributed by atoms with van der Waals surface area (Å²) >= 11 is 0. The SMILES string of the molecule is COc1ccc(C(=O)NCC2CCCO2)cc1COc1ccccc1C(C)(C)C. The van der Waals surface area contributed by atoms with Gasteiger partial charge in [0, 0.05) is 24.3 Å². The van der Waals surface area contributed by atoms with Crippen LogP contribution in [0.4, 0.5) is 0 Å². The van der Waals surface area contributed by atoms with Gasteiger partial charge in [-0.1, -0.05) is 39.0 Å². The van der Waals surface area contributed by atoms with E-state index in [1.165, 1.54) is 0 Å². The maximum atomic E-state index is 12.6. The molecule has 1 aliphatic rings. The summed E-state index contributed by atoms with van der Waals surface area (Å²) < 4.78 is 17.2. The zero-order valence-electron chi connectivity index (χ0n) is 17.8. The Morgan fingerprint density at radius 3 is 2.66 bits per heavy atom. The van der Waals surface area contributed by atoms with Crippen molar-refractivity contribution in [1.82, 2.24) is 5.32 Å². The molecule has 2 aromatic rings. The van der Waals surface area contributed by atoms with E-state index in [0.717, 1.165) is 36.3 Å².